The van der Waals surface area contributed by atoms with E-state index in [1.54, 1.807) is 32.4 Å². The molecule has 0 bridgehead atoms. The molecule has 2 N–H and O–H groups in total. The fourth-order valence-electron chi connectivity index (χ4n) is 3.33. The van der Waals surface area contributed by atoms with Gasteiger partial charge in [-0.25, -0.2) is 4.99 Å². The second-order valence-electron chi connectivity index (χ2n) is 7.46. The molecular formula is C24H29N5O3. The number of nitrogens with one attached hydrogen (secondary N) is 2. The van der Waals surface area contributed by atoms with Crippen molar-refractivity contribution >= 4 is 17.6 Å². The molecule has 1 heterocycles. The van der Waals surface area contributed by atoms with Crippen molar-refractivity contribution in [2.45, 2.75) is 27.3 Å². The first-order chi connectivity index (χ1) is 15.3. The summed E-state index contributed by atoms with van der Waals surface area (Å²) in [5.74, 6) is 1.26. The van der Waals surface area contributed by atoms with E-state index in [0.29, 0.717) is 35.3 Å². The molecule has 0 aliphatic rings. The van der Waals surface area contributed by atoms with E-state index in [2.05, 4.69) is 20.7 Å². The summed E-state index contributed by atoms with van der Waals surface area (Å²) in [6, 6.07) is 12.8. The molecule has 0 aliphatic heterocycles. The van der Waals surface area contributed by atoms with Gasteiger partial charge in [0.15, 0.2) is 11.5 Å². The summed E-state index contributed by atoms with van der Waals surface area (Å²) in [5.41, 5.74) is 5.21. The number of hydrogen-bond acceptors (Lipinski definition) is 5. The third kappa shape index (κ3) is 5.26. The number of methoxy groups -OCH3 is 2. The van der Waals surface area contributed by atoms with Crippen LogP contribution < -0.4 is 20.1 Å². The number of rotatable bonds is 6. The number of aromatic nitrogens is 2. The van der Waals surface area contributed by atoms with Gasteiger partial charge in [0.2, 0.25) is 5.96 Å². The predicted molar refractivity (Wildman–Crippen MR) is 126 cm³/mol. The van der Waals surface area contributed by atoms with Crippen molar-refractivity contribution in [1.29, 1.82) is 0 Å². The minimum atomic E-state index is -0.250. The van der Waals surface area contributed by atoms with Crippen molar-refractivity contribution in [3.63, 3.8) is 0 Å². The van der Waals surface area contributed by atoms with Crippen molar-refractivity contribution in [1.82, 2.24) is 15.1 Å². The summed E-state index contributed by atoms with van der Waals surface area (Å²) >= 11 is 0. The van der Waals surface area contributed by atoms with Crippen LogP contribution in [-0.4, -0.2) is 35.9 Å². The van der Waals surface area contributed by atoms with Crippen LogP contribution in [0.3, 0.4) is 0 Å². The highest BCUT2D eigenvalue weighted by atomic mass is 16.5. The molecule has 0 spiro atoms. The second kappa shape index (κ2) is 10.00. The molecule has 0 atom stereocenters. The smallest absolute Gasteiger partial charge is 0.257 e. The van der Waals surface area contributed by atoms with Gasteiger partial charge in [-0.15, -0.1) is 0 Å². The first-order valence-electron chi connectivity index (χ1n) is 10.2. The van der Waals surface area contributed by atoms with E-state index in [0.717, 1.165) is 22.5 Å². The Balaban J connectivity index is 1.90. The zero-order chi connectivity index (χ0) is 23.3. The Morgan fingerprint density at radius 3 is 2.44 bits per heavy atom. The number of amides is 1. The Kier molecular flexibility index (Phi) is 7.14. The van der Waals surface area contributed by atoms with E-state index in [4.69, 9.17) is 9.47 Å². The molecule has 1 amide bonds. The highest BCUT2D eigenvalue weighted by Crippen LogP contribution is 2.29. The number of nitrogens with zero attached hydrogens (tertiary/aromatic N) is 3. The maximum absolute atomic E-state index is 12.9. The SMILES string of the molecule is COc1ccc(NC(=NCc2c(C)nn(C)c2C)NC(=O)c2cccc(C)c2)cc1OC. The topological polar surface area (TPSA) is 89.8 Å². The Bertz CT molecular complexity index is 1150. The molecule has 0 unspecified atom stereocenters. The third-order valence-corrected chi connectivity index (χ3v) is 5.21. The maximum Gasteiger partial charge on any atom is 0.257 e. The van der Waals surface area contributed by atoms with Gasteiger partial charge in [0.25, 0.3) is 5.91 Å². The van der Waals surface area contributed by atoms with Crippen molar-refractivity contribution < 1.29 is 14.3 Å². The van der Waals surface area contributed by atoms with Crippen LogP contribution in [0, 0.1) is 20.8 Å². The summed E-state index contributed by atoms with van der Waals surface area (Å²) in [7, 11) is 5.06. The number of carbonyl (C=O) groups is 1. The molecule has 0 saturated carbocycles. The predicted octanol–water partition coefficient (Wildman–Crippen LogP) is 3.76. The van der Waals surface area contributed by atoms with Crippen LogP contribution in [0.4, 0.5) is 5.69 Å². The lowest BCUT2D eigenvalue weighted by molar-refractivity contribution is 0.0977. The lowest BCUT2D eigenvalue weighted by Crippen LogP contribution is -2.36. The molecule has 0 radical (unpaired) electrons. The molecular weight excluding hydrogens is 406 g/mol. The lowest BCUT2D eigenvalue weighted by atomic mass is 10.1. The summed E-state index contributed by atoms with van der Waals surface area (Å²) in [4.78, 5) is 17.5. The number of aliphatic imine (C=N–C) groups is 1. The third-order valence-electron chi connectivity index (χ3n) is 5.21. The maximum atomic E-state index is 12.9. The Morgan fingerprint density at radius 2 is 1.81 bits per heavy atom. The van der Waals surface area contributed by atoms with Crippen LogP contribution in [0.2, 0.25) is 0 Å². The summed E-state index contributed by atoms with van der Waals surface area (Å²) in [6.45, 7) is 6.26. The Morgan fingerprint density at radius 1 is 1.06 bits per heavy atom. The normalized spacial score (nSPS) is 11.2. The molecule has 0 fully saturated rings. The number of aryl methyl sites for hydroxylation is 3. The van der Waals surface area contributed by atoms with Gasteiger partial charge < -0.3 is 14.8 Å². The zero-order valence-corrected chi connectivity index (χ0v) is 19.3. The van der Waals surface area contributed by atoms with E-state index in [1.807, 2.05) is 56.8 Å². The van der Waals surface area contributed by atoms with Gasteiger partial charge in [0, 0.05) is 35.6 Å². The van der Waals surface area contributed by atoms with E-state index in [9.17, 15) is 4.79 Å². The van der Waals surface area contributed by atoms with Crippen LogP contribution in [0.25, 0.3) is 0 Å². The van der Waals surface area contributed by atoms with Crippen molar-refractivity contribution in [3.05, 3.63) is 70.5 Å². The van der Waals surface area contributed by atoms with Gasteiger partial charge in [-0.05, 0) is 45.0 Å². The van der Waals surface area contributed by atoms with Gasteiger partial charge in [-0.2, -0.15) is 5.10 Å². The molecule has 168 valence electrons. The number of carbonyl (C=O) groups excluding carboxylic acids is 1. The van der Waals surface area contributed by atoms with Crippen LogP contribution in [0.15, 0.2) is 47.5 Å². The molecule has 0 saturated heterocycles. The van der Waals surface area contributed by atoms with Crippen molar-refractivity contribution in [2.75, 3.05) is 19.5 Å². The molecule has 3 aromatic rings. The van der Waals surface area contributed by atoms with Crippen molar-refractivity contribution in [3.8, 4) is 11.5 Å². The molecule has 32 heavy (non-hydrogen) atoms. The molecule has 8 heteroatoms. The van der Waals surface area contributed by atoms with Crippen LogP contribution in [0.5, 0.6) is 11.5 Å². The minimum Gasteiger partial charge on any atom is -0.493 e. The lowest BCUT2D eigenvalue weighted by Gasteiger charge is -2.14. The fourth-order valence-corrected chi connectivity index (χ4v) is 3.33. The van der Waals surface area contributed by atoms with Gasteiger partial charge >= 0.3 is 0 Å². The number of guanidine groups is 1. The molecule has 3 rings (SSSR count). The van der Waals surface area contributed by atoms with E-state index in [1.165, 1.54) is 0 Å². The minimum absolute atomic E-state index is 0.250. The monoisotopic (exact) mass is 435 g/mol. The van der Waals surface area contributed by atoms with Crippen LogP contribution >= 0.6 is 0 Å². The Hall–Kier alpha value is -3.81. The van der Waals surface area contributed by atoms with E-state index >= 15 is 0 Å². The second-order valence-corrected chi connectivity index (χ2v) is 7.46. The van der Waals surface area contributed by atoms with Gasteiger partial charge in [0.05, 0.1) is 26.5 Å². The van der Waals surface area contributed by atoms with Crippen molar-refractivity contribution in [2.24, 2.45) is 12.0 Å². The standard InChI is InChI=1S/C24H29N5O3/c1-15-8-7-9-18(12-15)23(30)27-24(25-14-20-16(2)28-29(4)17(20)3)26-19-10-11-21(31-5)22(13-19)32-6/h7-13H,14H2,1-6H3,(H2,25,26,27,30). The van der Waals surface area contributed by atoms with Crippen LogP contribution in [0.1, 0.15) is 32.9 Å². The zero-order valence-electron chi connectivity index (χ0n) is 19.3. The first kappa shape index (κ1) is 22.9. The molecule has 8 nitrogen and oxygen atoms in total. The van der Waals surface area contributed by atoms with E-state index < -0.39 is 0 Å². The van der Waals surface area contributed by atoms with Crippen LogP contribution in [-0.2, 0) is 13.6 Å². The largest absolute Gasteiger partial charge is 0.493 e. The summed E-state index contributed by atoms with van der Waals surface area (Å²) in [5, 5.41) is 10.5. The molecule has 1 aromatic heterocycles. The number of ether oxygens (including phenoxy) is 2. The van der Waals surface area contributed by atoms with E-state index in [-0.39, 0.29) is 5.91 Å². The van der Waals surface area contributed by atoms with Gasteiger partial charge in [-0.3, -0.25) is 14.8 Å². The van der Waals surface area contributed by atoms with Gasteiger partial charge in [-0.1, -0.05) is 17.7 Å². The first-order valence-corrected chi connectivity index (χ1v) is 10.2. The average Bonchev–Trinajstić information content (AvgIpc) is 3.02. The number of benzene rings is 2. The average molecular weight is 436 g/mol. The highest BCUT2D eigenvalue weighted by Gasteiger charge is 2.13. The molecule has 0 aliphatic carbocycles. The number of hydrogen-bond donors (Lipinski definition) is 2. The fraction of sp³-hybridized carbons (Fsp3) is 0.292. The summed E-state index contributed by atoms with van der Waals surface area (Å²) < 4.78 is 12.5. The van der Waals surface area contributed by atoms with Gasteiger partial charge in [0.1, 0.15) is 0 Å². The number of anilines is 1. The quantitative estimate of drug-likeness (QED) is 0.455. The molecule has 2 aromatic carbocycles. The Labute approximate surface area is 188 Å². The highest BCUT2D eigenvalue weighted by molar-refractivity contribution is 6.10. The summed E-state index contributed by atoms with van der Waals surface area (Å²) in [6.07, 6.45) is 0.